The first kappa shape index (κ1) is 15.6. The molecule has 4 nitrogen and oxygen atoms in total. The quantitative estimate of drug-likeness (QED) is 0.880. The van der Waals surface area contributed by atoms with E-state index < -0.39 is 11.9 Å². The third kappa shape index (κ3) is 3.10. The standard InChI is InChI=1S/C17H23NO3/c1-5-13-14-8-6-7-9-15(14)21-16(13)12(3)18(4)10-11(2)17(19)20/h6-9,11-12H,5,10H2,1-4H3,(H,19,20). The lowest BCUT2D eigenvalue weighted by Crippen LogP contribution is -2.31. The predicted molar refractivity (Wildman–Crippen MR) is 83.4 cm³/mol. The second-order valence-electron chi connectivity index (χ2n) is 5.65. The van der Waals surface area contributed by atoms with Crippen LogP contribution < -0.4 is 0 Å². The van der Waals surface area contributed by atoms with Gasteiger partial charge in [-0.1, -0.05) is 32.0 Å². The van der Waals surface area contributed by atoms with E-state index in [1.165, 1.54) is 5.56 Å². The number of hydrogen-bond acceptors (Lipinski definition) is 3. The highest BCUT2D eigenvalue weighted by Crippen LogP contribution is 2.32. The summed E-state index contributed by atoms with van der Waals surface area (Å²) in [4.78, 5) is 13.0. The van der Waals surface area contributed by atoms with E-state index in [1.807, 2.05) is 30.1 Å². The summed E-state index contributed by atoms with van der Waals surface area (Å²) in [5.74, 6) is -0.222. The smallest absolute Gasteiger partial charge is 0.307 e. The minimum Gasteiger partial charge on any atom is -0.481 e. The van der Waals surface area contributed by atoms with E-state index in [0.29, 0.717) is 6.54 Å². The number of carboxylic acids is 1. The molecule has 0 aliphatic rings. The average molecular weight is 289 g/mol. The van der Waals surface area contributed by atoms with E-state index in [0.717, 1.165) is 23.2 Å². The molecule has 0 amide bonds. The molecule has 0 saturated carbocycles. The number of rotatable bonds is 6. The molecular formula is C17H23NO3. The van der Waals surface area contributed by atoms with Crippen LogP contribution in [0.2, 0.25) is 0 Å². The molecular weight excluding hydrogens is 266 g/mol. The van der Waals surface area contributed by atoms with Crippen molar-refractivity contribution in [2.45, 2.75) is 33.2 Å². The lowest BCUT2D eigenvalue weighted by atomic mass is 10.0. The van der Waals surface area contributed by atoms with Crippen molar-refractivity contribution in [3.8, 4) is 0 Å². The maximum absolute atomic E-state index is 11.0. The Morgan fingerprint density at radius 1 is 1.33 bits per heavy atom. The van der Waals surface area contributed by atoms with Crippen molar-refractivity contribution in [3.63, 3.8) is 0 Å². The summed E-state index contributed by atoms with van der Waals surface area (Å²) in [6.45, 7) is 6.40. The van der Waals surface area contributed by atoms with Crippen LogP contribution in [0.1, 0.15) is 38.1 Å². The Morgan fingerprint density at radius 2 is 2.00 bits per heavy atom. The molecule has 0 aliphatic carbocycles. The lowest BCUT2D eigenvalue weighted by Gasteiger charge is -2.25. The van der Waals surface area contributed by atoms with Crippen molar-refractivity contribution >= 4 is 16.9 Å². The Kier molecular flexibility index (Phi) is 4.68. The van der Waals surface area contributed by atoms with Crippen LogP contribution >= 0.6 is 0 Å². The fraction of sp³-hybridized carbons (Fsp3) is 0.471. The van der Waals surface area contributed by atoms with E-state index in [1.54, 1.807) is 6.92 Å². The van der Waals surface area contributed by atoms with Gasteiger partial charge in [-0.3, -0.25) is 9.69 Å². The SMILES string of the molecule is CCc1c(C(C)N(C)CC(C)C(=O)O)oc2ccccc12. The van der Waals surface area contributed by atoms with Gasteiger partial charge in [-0.15, -0.1) is 0 Å². The van der Waals surface area contributed by atoms with E-state index in [4.69, 9.17) is 9.52 Å². The number of aryl methyl sites for hydroxylation is 1. The van der Waals surface area contributed by atoms with Gasteiger partial charge in [0.2, 0.25) is 0 Å². The lowest BCUT2D eigenvalue weighted by molar-refractivity contribution is -0.141. The molecule has 21 heavy (non-hydrogen) atoms. The molecule has 0 aliphatic heterocycles. The fourth-order valence-electron chi connectivity index (χ4n) is 2.69. The van der Waals surface area contributed by atoms with Crippen molar-refractivity contribution in [1.29, 1.82) is 0 Å². The molecule has 2 aromatic rings. The Morgan fingerprint density at radius 3 is 2.62 bits per heavy atom. The van der Waals surface area contributed by atoms with Crippen LogP contribution in [0, 0.1) is 5.92 Å². The van der Waals surface area contributed by atoms with Gasteiger partial charge in [-0.05, 0) is 26.5 Å². The maximum Gasteiger partial charge on any atom is 0.307 e. The summed E-state index contributed by atoms with van der Waals surface area (Å²) in [5, 5.41) is 10.2. The maximum atomic E-state index is 11.0. The molecule has 2 atom stereocenters. The van der Waals surface area contributed by atoms with Gasteiger partial charge in [-0.25, -0.2) is 0 Å². The molecule has 1 aromatic heterocycles. The zero-order valence-electron chi connectivity index (χ0n) is 13.1. The van der Waals surface area contributed by atoms with Gasteiger partial charge >= 0.3 is 5.97 Å². The average Bonchev–Trinajstić information content (AvgIpc) is 2.84. The Hall–Kier alpha value is -1.81. The van der Waals surface area contributed by atoms with Crippen LogP contribution in [0.25, 0.3) is 11.0 Å². The number of fused-ring (bicyclic) bond motifs is 1. The Bertz CT molecular complexity index is 632. The van der Waals surface area contributed by atoms with Crippen molar-refractivity contribution < 1.29 is 14.3 Å². The van der Waals surface area contributed by atoms with Crippen molar-refractivity contribution in [2.75, 3.05) is 13.6 Å². The fourth-order valence-corrected chi connectivity index (χ4v) is 2.69. The highest BCUT2D eigenvalue weighted by molar-refractivity contribution is 5.82. The number of carbonyl (C=O) groups is 1. The molecule has 0 spiro atoms. The van der Waals surface area contributed by atoms with Crippen molar-refractivity contribution in [2.24, 2.45) is 5.92 Å². The number of nitrogens with zero attached hydrogens (tertiary/aromatic N) is 1. The minimum absolute atomic E-state index is 0.0501. The van der Waals surface area contributed by atoms with Gasteiger partial charge in [0, 0.05) is 17.5 Å². The topological polar surface area (TPSA) is 53.7 Å². The van der Waals surface area contributed by atoms with Crippen LogP contribution in [0.15, 0.2) is 28.7 Å². The van der Waals surface area contributed by atoms with Gasteiger partial charge < -0.3 is 9.52 Å². The first-order chi connectivity index (χ1) is 9.95. The second kappa shape index (κ2) is 6.31. The number of aliphatic carboxylic acids is 1. The normalized spacial score (nSPS) is 14.5. The van der Waals surface area contributed by atoms with Gasteiger partial charge in [0.05, 0.1) is 12.0 Å². The van der Waals surface area contributed by atoms with Crippen LogP contribution in [0.3, 0.4) is 0 Å². The molecule has 1 aromatic carbocycles. The zero-order valence-corrected chi connectivity index (χ0v) is 13.1. The van der Waals surface area contributed by atoms with Gasteiger partial charge in [0.25, 0.3) is 0 Å². The summed E-state index contributed by atoms with van der Waals surface area (Å²) in [5.41, 5.74) is 2.11. The summed E-state index contributed by atoms with van der Waals surface area (Å²) < 4.78 is 6.03. The van der Waals surface area contributed by atoms with Crippen LogP contribution in [0.5, 0.6) is 0 Å². The first-order valence-corrected chi connectivity index (χ1v) is 7.39. The molecule has 0 radical (unpaired) electrons. The predicted octanol–water partition coefficient (Wildman–Crippen LogP) is 3.71. The summed E-state index contributed by atoms with van der Waals surface area (Å²) >= 11 is 0. The number of carboxylic acid groups (broad SMARTS) is 1. The third-order valence-electron chi connectivity index (χ3n) is 4.11. The van der Waals surface area contributed by atoms with Crippen molar-refractivity contribution in [3.05, 3.63) is 35.6 Å². The highest BCUT2D eigenvalue weighted by Gasteiger charge is 2.23. The molecule has 0 saturated heterocycles. The van der Waals surface area contributed by atoms with Gasteiger partial charge in [-0.2, -0.15) is 0 Å². The second-order valence-corrected chi connectivity index (χ2v) is 5.65. The molecule has 2 unspecified atom stereocenters. The highest BCUT2D eigenvalue weighted by atomic mass is 16.4. The van der Waals surface area contributed by atoms with Gasteiger partial charge in [0.1, 0.15) is 11.3 Å². The van der Waals surface area contributed by atoms with Crippen molar-refractivity contribution in [1.82, 2.24) is 4.90 Å². The summed E-state index contributed by atoms with van der Waals surface area (Å²) in [6, 6.07) is 8.09. The Balaban J connectivity index is 2.30. The molecule has 1 N–H and O–H groups in total. The molecule has 4 heteroatoms. The molecule has 1 heterocycles. The van der Waals surface area contributed by atoms with Crippen LogP contribution in [-0.2, 0) is 11.2 Å². The zero-order chi connectivity index (χ0) is 15.6. The number of benzene rings is 1. The third-order valence-corrected chi connectivity index (χ3v) is 4.11. The van der Waals surface area contributed by atoms with Gasteiger partial charge in [0.15, 0.2) is 0 Å². The molecule has 0 bridgehead atoms. The minimum atomic E-state index is -0.769. The largest absolute Gasteiger partial charge is 0.481 e. The summed E-state index contributed by atoms with van der Waals surface area (Å²) in [7, 11) is 1.94. The van der Waals surface area contributed by atoms with E-state index >= 15 is 0 Å². The molecule has 0 fully saturated rings. The summed E-state index contributed by atoms with van der Waals surface area (Å²) in [6.07, 6.45) is 0.902. The van der Waals surface area contributed by atoms with Crippen LogP contribution in [-0.4, -0.2) is 29.6 Å². The Labute approximate surface area is 125 Å². The first-order valence-electron chi connectivity index (χ1n) is 7.39. The van der Waals surface area contributed by atoms with E-state index in [9.17, 15) is 4.79 Å². The van der Waals surface area contributed by atoms with E-state index in [-0.39, 0.29) is 6.04 Å². The monoisotopic (exact) mass is 289 g/mol. The molecule has 2 rings (SSSR count). The number of hydrogen-bond donors (Lipinski definition) is 1. The number of para-hydroxylation sites is 1. The van der Waals surface area contributed by atoms with Crippen LogP contribution in [0.4, 0.5) is 0 Å². The molecule has 114 valence electrons. The van der Waals surface area contributed by atoms with E-state index in [2.05, 4.69) is 19.9 Å². The number of furan rings is 1.